The summed E-state index contributed by atoms with van der Waals surface area (Å²) < 4.78 is 83.1. The van der Waals surface area contributed by atoms with Crippen LogP contribution >= 0.6 is 0 Å². The molecule has 3 fully saturated rings. The first kappa shape index (κ1) is 33.4. The van der Waals surface area contributed by atoms with Crippen molar-refractivity contribution in [3.05, 3.63) is 41.0 Å². The third-order valence-corrected chi connectivity index (χ3v) is 8.75. The number of esters is 1. The summed E-state index contributed by atoms with van der Waals surface area (Å²) in [7, 11) is -1.81. The van der Waals surface area contributed by atoms with E-state index in [1.807, 2.05) is 0 Å². The van der Waals surface area contributed by atoms with Crippen LogP contribution in [0, 0.1) is 11.8 Å². The molecule has 1 aliphatic carbocycles. The van der Waals surface area contributed by atoms with Crippen LogP contribution in [0.15, 0.2) is 24.3 Å². The fourth-order valence-corrected chi connectivity index (χ4v) is 6.74. The molecule has 4 aliphatic heterocycles. The Morgan fingerprint density at radius 2 is 1.49 bits per heavy atom. The Hall–Kier alpha value is -3.46. The van der Waals surface area contributed by atoms with Gasteiger partial charge in [0.05, 0.1) is 39.5 Å². The van der Waals surface area contributed by atoms with Gasteiger partial charge in [0.1, 0.15) is 24.4 Å². The van der Waals surface area contributed by atoms with Gasteiger partial charge in [0.25, 0.3) is 0 Å². The van der Waals surface area contributed by atoms with Crippen LogP contribution in [0.5, 0.6) is 28.7 Å². The van der Waals surface area contributed by atoms with Gasteiger partial charge in [-0.1, -0.05) is 0 Å². The van der Waals surface area contributed by atoms with Gasteiger partial charge in [-0.15, -0.1) is 0 Å². The second-order valence-corrected chi connectivity index (χ2v) is 12.3. The number of phenols is 1. The Bertz CT molecular complexity index is 1580. The van der Waals surface area contributed by atoms with Crippen LogP contribution in [0.3, 0.4) is 0 Å². The minimum absolute atomic E-state index is 0.0301. The summed E-state index contributed by atoms with van der Waals surface area (Å²) in [5.41, 5.74) is 2.01. The molecule has 2 aromatic rings. The van der Waals surface area contributed by atoms with E-state index in [1.165, 1.54) is 14.2 Å². The molecule has 3 saturated heterocycles. The number of phenolic OH excluding ortho intramolecular Hbond substituents is 1. The van der Waals surface area contributed by atoms with Crippen molar-refractivity contribution in [3.63, 3.8) is 0 Å². The fraction of sp³-hybridized carbons (Fsp3) is 0.552. The fourth-order valence-electron chi connectivity index (χ4n) is 6.74. The number of benzene rings is 2. The third-order valence-electron chi connectivity index (χ3n) is 8.75. The molecule has 2 aromatic carbocycles. The lowest BCUT2D eigenvalue weighted by atomic mass is 9.66. The summed E-state index contributed by atoms with van der Waals surface area (Å²) in [5, 5.41) is 32.5. The molecule has 4 heterocycles. The van der Waals surface area contributed by atoms with Crippen LogP contribution in [0.2, 0.25) is 0 Å². The van der Waals surface area contributed by atoms with E-state index in [1.54, 1.807) is 31.2 Å². The zero-order chi connectivity index (χ0) is 33.8. The highest BCUT2D eigenvalue weighted by Crippen LogP contribution is 2.57. The number of aliphatic hydroxyl groups is 2. The maximum absolute atomic E-state index is 13.4. The number of rotatable bonds is 5. The van der Waals surface area contributed by atoms with Crippen LogP contribution in [-0.2, 0) is 38.9 Å². The summed E-state index contributed by atoms with van der Waals surface area (Å²) in [6.07, 6.45) is -6.80. The zero-order valence-electron chi connectivity index (χ0n) is 25.2. The van der Waals surface area contributed by atoms with Crippen molar-refractivity contribution >= 4 is 16.4 Å². The largest absolute Gasteiger partial charge is 0.502 e. The SMILES string of the molecule is COc1cc([C@@H]2c3cc4c(cc3C(O[C@@H]3O[C@@H]5CO[C@@H](C)O[C@H]5[C@H](O)[C@H]3O)C3COC(=O)[C@@H]32)OCO4)cc(OC)c1O.O=S(=O)(O)O. The van der Waals surface area contributed by atoms with Gasteiger partial charge in [0, 0.05) is 11.8 Å². The Morgan fingerprint density at radius 3 is 2.11 bits per heavy atom. The minimum Gasteiger partial charge on any atom is -0.502 e. The molecule has 0 radical (unpaired) electrons. The molecule has 0 saturated carbocycles. The van der Waals surface area contributed by atoms with E-state index in [4.69, 9.17) is 60.2 Å². The molecule has 2 unspecified atom stereocenters. The van der Waals surface area contributed by atoms with Crippen LogP contribution in [0.25, 0.3) is 0 Å². The normalized spacial score (nSPS) is 33.8. The average Bonchev–Trinajstić information content (AvgIpc) is 3.64. The number of aromatic hydroxyl groups is 1. The topological polar surface area (TPSA) is 235 Å². The Kier molecular flexibility index (Phi) is 9.15. The molecule has 258 valence electrons. The maximum Gasteiger partial charge on any atom is 0.394 e. The summed E-state index contributed by atoms with van der Waals surface area (Å²) >= 11 is 0. The van der Waals surface area contributed by atoms with Crippen molar-refractivity contribution in [2.45, 2.75) is 55.9 Å². The van der Waals surface area contributed by atoms with Crippen molar-refractivity contribution in [1.29, 1.82) is 0 Å². The second kappa shape index (κ2) is 12.9. The van der Waals surface area contributed by atoms with Gasteiger partial charge in [0.2, 0.25) is 12.5 Å². The Morgan fingerprint density at radius 1 is 0.872 bits per heavy atom. The van der Waals surface area contributed by atoms with E-state index in [-0.39, 0.29) is 37.3 Å². The number of ether oxygens (including phenoxy) is 9. The van der Waals surface area contributed by atoms with Crippen molar-refractivity contribution in [2.75, 3.05) is 34.2 Å². The number of hydrogen-bond donors (Lipinski definition) is 5. The number of hydrogen-bond acceptors (Lipinski definition) is 15. The molecule has 0 spiro atoms. The van der Waals surface area contributed by atoms with Crippen molar-refractivity contribution in [3.8, 4) is 28.7 Å². The maximum atomic E-state index is 13.4. The average molecular weight is 687 g/mol. The van der Waals surface area contributed by atoms with Gasteiger partial charge in [-0.05, 0) is 47.9 Å². The van der Waals surface area contributed by atoms with Crippen molar-refractivity contribution < 1.29 is 80.3 Å². The first-order chi connectivity index (χ1) is 22.3. The van der Waals surface area contributed by atoms with Crippen LogP contribution in [0.4, 0.5) is 0 Å². The van der Waals surface area contributed by atoms with E-state index in [9.17, 15) is 20.1 Å². The van der Waals surface area contributed by atoms with Gasteiger partial charge in [-0.3, -0.25) is 13.9 Å². The van der Waals surface area contributed by atoms with E-state index in [0.29, 0.717) is 28.2 Å². The lowest BCUT2D eigenvalue weighted by molar-refractivity contribution is -0.364. The van der Waals surface area contributed by atoms with Crippen molar-refractivity contribution in [2.24, 2.45) is 11.8 Å². The lowest BCUT2D eigenvalue weighted by Gasteiger charge is -2.47. The van der Waals surface area contributed by atoms with Crippen LogP contribution < -0.4 is 18.9 Å². The first-order valence-electron chi connectivity index (χ1n) is 14.5. The smallest absolute Gasteiger partial charge is 0.394 e. The summed E-state index contributed by atoms with van der Waals surface area (Å²) in [5.74, 6) is -1.02. The van der Waals surface area contributed by atoms with E-state index >= 15 is 0 Å². The Balaban J connectivity index is 0.000000720. The van der Waals surface area contributed by atoms with Crippen LogP contribution in [-0.4, -0.2) is 110 Å². The highest BCUT2D eigenvalue weighted by molar-refractivity contribution is 7.79. The standard InChI is InChI=1S/C29H32O13.H2O4S/c1-11-36-9-20-27(40-11)24(31)25(32)29(41-20)42-26-14-7-17-16(38-10-39-17)6-13(14)21(22-15(26)8-37-28(22)33)12-4-18(34-2)23(30)19(5-12)35-3;1-5(2,3)4/h4-7,11,15,20-22,24-27,29-32H,8-10H2,1-3H3;(H2,1,2,3,4)/t11-,15?,20-,21-,22+,24-,25-,26?,27-,29+;/m1./s1. The molecule has 10 atom stereocenters. The molecule has 18 heteroatoms. The van der Waals surface area contributed by atoms with Gasteiger partial charge >= 0.3 is 16.4 Å². The molecule has 17 nitrogen and oxygen atoms in total. The number of methoxy groups -OCH3 is 2. The highest BCUT2D eigenvalue weighted by Gasteiger charge is 2.56. The van der Waals surface area contributed by atoms with Crippen molar-refractivity contribution in [1.82, 2.24) is 0 Å². The molecule has 0 bridgehead atoms. The van der Waals surface area contributed by atoms with Gasteiger partial charge in [-0.25, -0.2) is 0 Å². The molecule has 5 aliphatic rings. The number of carbonyl (C=O) groups excluding carboxylic acids is 1. The highest BCUT2D eigenvalue weighted by atomic mass is 32.3. The molecule has 0 aromatic heterocycles. The first-order valence-corrected chi connectivity index (χ1v) is 15.9. The van der Waals surface area contributed by atoms with E-state index in [0.717, 1.165) is 0 Å². The second-order valence-electron chi connectivity index (χ2n) is 11.4. The third kappa shape index (κ3) is 6.40. The van der Waals surface area contributed by atoms with Gasteiger partial charge in [-0.2, -0.15) is 8.42 Å². The van der Waals surface area contributed by atoms with E-state index < -0.39 is 77.2 Å². The molecular formula is C29H34O17S. The minimum atomic E-state index is -4.67. The zero-order valence-corrected chi connectivity index (χ0v) is 26.1. The lowest BCUT2D eigenvalue weighted by Crippen LogP contribution is -2.63. The molecule has 7 rings (SSSR count). The summed E-state index contributed by atoms with van der Waals surface area (Å²) in [4.78, 5) is 13.4. The van der Waals surface area contributed by atoms with E-state index in [2.05, 4.69) is 0 Å². The summed E-state index contributed by atoms with van der Waals surface area (Å²) in [6.45, 7) is 1.93. The molecule has 0 amide bonds. The predicted octanol–water partition coefficient (Wildman–Crippen LogP) is 0.686. The van der Waals surface area contributed by atoms with Gasteiger partial charge < -0.3 is 58.0 Å². The monoisotopic (exact) mass is 686 g/mol. The van der Waals surface area contributed by atoms with Gasteiger partial charge in [0.15, 0.2) is 35.6 Å². The molecule has 5 N–H and O–H groups in total. The molecule has 47 heavy (non-hydrogen) atoms. The van der Waals surface area contributed by atoms with Crippen LogP contribution in [0.1, 0.15) is 35.6 Å². The quantitative estimate of drug-likeness (QED) is 0.215. The number of carbonyl (C=O) groups is 1. The number of aliphatic hydroxyl groups excluding tert-OH is 2. The summed E-state index contributed by atoms with van der Waals surface area (Å²) in [6, 6.07) is 6.93. The predicted molar refractivity (Wildman–Crippen MR) is 153 cm³/mol. The number of fused-ring (bicyclic) bond motifs is 4. The Labute approximate surface area is 268 Å². The molecular weight excluding hydrogens is 652 g/mol. The number of cyclic esters (lactones) is 1.